The quantitative estimate of drug-likeness (QED) is 0.661. The maximum Gasteiger partial charge on any atom is 0.274 e. The molecule has 2 heterocycles. The molecule has 2 N–H and O–H groups in total. The first-order chi connectivity index (χ1) is 12.5. The van der Waals surface area contributed by atoms with E-state index in [0.717, 1.165) is 5.76 Å². The van der Waals surface area contributed by atoms with Gasteiger partial charge in [0.25, 0.3) is 5.91 Å². The topological polar surface area (TPSA) is 97.1 Å². The van der Waals surface area contributed by atoms with Crippen LogP contribution in [0.5, 0.6) is 0 Å². The number of Topliss-reactive ketones (excluding diaryl/α,β-unsaturated/α-hetero) is 1. The van der Waals surface area contributed by atoms with E-state index in [1.54, 1.807) is 49.6 Å². The Morgan fingerprint density at radius 3 is 2.54 bits per heavy atom. The highest BCUT2D eigenvalue weighted by Gasteiger charge is 2.11. The number of nitrogens with one attached hydrogen (secondary N) is 2. The first-order valence-corrected chi connectivity index (χ1v) is 8.05. The standard InChI is InChI=1S/C19H18N4O3/c1-12-10-17(23-19(21-12)20-11-16-4-3-9-26-16)18(25)22-15-7-5-14(6-8-15)13(2)24/h3-10H,11H2,1-2H3,(H,22,25)(H,20,21,23). The summed E-state index contributed by atoms with van der Waals surface area (Å²) >= 11 is 0. The van der Waals surface area contributed by atoms with E-state index in [4.69, 9.17) is 4.42 Å². The molecule has 0 unspecified atom stereocenters. The number of amides is 1. The molecule has 132 valence electrons. The zero-order chi connectivity index (χ0) is 18.5. The van der Waals surface area contributed by atoms with E-state index in [1.807, 2.05) is 6.07 Å². The fourth-order valence-electron chi connectivity index (χ4n) is 2.33. The molecule has 0 bridgehead atoms. The van der Waals surface area contributed by atoms with Gasteiger partial charge in [-0.1, -0.05) is 0 Å². The van der Waals surface area contributed by atoms with Crippen LogP contribution in [0.25, 0.3) is 0 Å². The summed E-state index contributed by atoms with van der Waals surface area (Å²) in [4.78, 5) is 32.3. The van der Waals surface area contributed by atoms with Crippen molar-refractivity contribution in [1.29, 1.82) is 0 Å². The third-order valence-corrected chi connectivity index (χ3v) is 3.64. The first-order valence-electron chi connectivity index (χ1n) is 8.05. The Balaban J connectivity index is 1.71. The average Bonchev–Trinajstić information content (AvgIpc) is 3.13. The van der Waals surface area contributed by atoms with Gasteiger partial charge in [-0.2, -0.15) is 0 Å². The second-order valence-corrected chi connectivity index (χ2v) is 5.74. The maximum atomic E-state index is 12.5. The van der Waals surface area contributed by atoms with Gasteiger partial charge in [0.1, 0.15) is 11.5 Å². The van der Waals surface area contributed by atoms with Crippen LogP contribution in [0.2, 0.25) is 0 Å². The Kier molecular flexibility index (Phi) is 5.07. The molecule has 0 fully saturated rings. The van der Waals surface area contributed by atoms with E-state index in [1.165, 1.54) is 6.92 Å². The van der Waals surface area contributed by atoms with Crippen LogP contribution < -0.4 is 10.6 Å². The number of benzene rings is 1. The number of anilines is 2. The van der Waals surface area contributed by atoms with Crippen molar-refractivity contribution in [2.24, 2.45) is 0 Å². The van der Waals surface area contributed by atoms with Crippen LogP contribution in [0.3, 0.4) is 0 Å². The van der Waals surface area contributed by atoms with Crippen molar-refractivity contribution in [3.05, 3.63) is 71.4 Å². The predicted molar refractivity (Wildman–Crippen MR) is 97.2 cm³/mol. The highest BCUT2D eigenvalue weighted by atomic mass is 16.3. The summed E-state index contributed by atoms with van der Waals surface area (Å²) in [5.41, 5.74) is 2.08. The molecule has 0 radical (unpaired) electrons. The van der Waals surface area contributed by atoms with Gasteiger partial charge in [-0.15, -0.1) is 0 Å². The normalized spacial score (nSPS) is 10.4. The van der Waals surface area contributed by atoms with Crippen molar-refractivity contribution in [3.63, 3.8) is 0 Å². The van der Waals surface area contributed by atoms with Gasteiger partial charge < -0.3 is 15.1 Å². The second kappa shape index (κ2) is 7.60. The number of aromatic nitrogens is 2. The number of aryl methyl sites for hydroxylation is 1. The number of carbonyl (C=O) groups excluding carboxylic acids is 2. The number of hydrogen-bond acceptors (Lipinski definition) is 6. The van der Waals surface area contributed by atoms with Crippen molar-refractivity contribution in [2.75, 3.05) is 10.6 Å². The molecule has 2 aromatic heterocycles. The molecule has 3 aromatic rings. The third-order valence-electron chi connectivity index (χ3n) is 3.64. The molecule has 0 aliphatic carbocycles. The average molecular weight is 350 g/mol. The van der Waals surface area contributed by atoms with Gasteiger partial charge in [-0.25, -0.2) is 9.97 Å². The first kappa shape index (κ1) is 17.3. The second-order valence-electron chi connectivity index (χ2n) is 5.74. The zero-order valence-corrected chi connectivity index (χ0v) is 14.4. The van der Waals surface area contributed by atoms with Crippen LogP contribution in [0.1, 0.15) is 39.2 Å². The molecule has 1 aromatic carbocycles. The Labute approximate surface area is 150 Å². The minimum atomic E-state index is -0.355. The third kappa shape index (κ3) is 4.32. The summed E-state index contributed by atoms with van der Waals surface area (Å²) in [6.45, 7) is 3.71. The predicted octanol–water partition coefficient (Wildman–Crippen LogP) is 3.45. The van der Waals surface area contributed by atoms with Crippen LogP contribution >= 0.6 is 0 Å². The summed E-state index contributed by atoms with van der Waals surface area (Å²) in [6, 6.07) is 11.9. The van der Waals surface area contributed by atoms with Gasteiger partial charge in [-0.3, -0.25) is 9.59 Å². The number of ketones is 1. The Morgan fingerprint density at radius 2 is 1.88 bits per heavy atom. The maximum absolute atomic E-state index is 12.5. The lowest BCUT2D eigenvalue weighted by atomic mass is 10.1. The molecule has 26 heavy (non-hydrogen) atoms. The van der Waals surface area contributed by atoms with Crippen LogP contribution in [0, 0.1) is 6.92 Å². The fourth-order valence-corrected chi connectivity index (χ4v) is 2.33. The van der Waals surface area contributed by atoms with E-state index in [2.05, 4.69) is 20.6 Å². The molecule has 7 heteroatoms. The van der Waals surface area contributed by atoms with Crippen LogP contribution in [-0.4, -0.2) is 21.7 Å². The molecule has 0 aliphatic heterocycles. The molecule has 0 saturated heterocycles. The van der Waals surface area contributed by atoms with Gasteiger partial charge in [0.05, 0.1) is 12.8 Å². The van der Waals surface area contributed by atoms with Crippen LogP contribution in [0.4, 0.5) is 11.6 Å². The summed E-state index contributed by atoms with van der Waals surface area (Å²) in [7, 11) is 0. The Morgan fingerprint density at radius 1 is 1.12 bits per heavy atom. The lowest BCUT2D eigenvalue weighted by Crippen LogP contribution is -2.16. The number of hydrogen-bond donors (Lipinski definition) is 2. The molecule has 1 amide bonds. The van der Waals surface area contributed by atoms with Gasteiger partial charge in [0, 0.05) is 16.9 Å². The van der Waals surface area contributed by atoms with Crippen molar-refractivity contribution in [1.82, 2.24) is 9.97 Å². The van der Waals surface area contributed by atoms with Crippen LogP contribution in [-0.2, 0) is 6.54 Å². The number of furan rings is 1. The molecular formula is C19H18N4O3. The van der Waals surface area contributed by atoms with Gasteiger partial charge >= 0.3 is 0 Å². The molecule has 0 spiro atoms. The van der Waals surface area contributed by atoms with E-state index in [9.17, 15) is 9.59 Å². The lowest BCUT2D eigenvalue weighted by Gasteiger charge is -2.08. The molecule has 7 nitrogen and oxygen atoms in total. The van der Waals surface area contributed by atoms with Crippen molar-refractivity contribution >= 4 is 23.3 Å². The van der Waals surface area contributed by atoms with E-state index >= 15 is 0 Å². The van der Waals surface area contributed by atoms with Gasteiger partial charge in [-0.05, 0) is 56.3 Å². The highest BCUT2D eigenvalue weighted by molar-refractivity contribution is 6.03. The Hall–Kier alpha value is -3.48. The molecular weight excluding hydrogens is 332 g/mol. The summed E-state index contributed by atoms with van der Waals surface area (Å²) in [5.74, 6) is 0.707. The molecule has 0 saturated carbocycles. The summed E-state index contributed by atoms with van der Waals surface area (Å²) in [6.07, 6.45) is 1.59. The largest absolute Gasteiger partial charge is 0.467 e. The Bertz CT molecular complexity index is 918. The van der Waals surface area contributed by atoms with Gasteiger partial charge in [0.2, 0.25) is 5.95 Å². The van der Waals surface area contributed by atoms with E-state index in [-0.39, 0.29) is 17.4 Å². The zero-order valence-electron chi connectivity index (χ0n) is 14.4. The number of nitrogens with zero attached hydrogens (tertiary/aromatic N) is 2. The van der Waals surface area contributed by atoms with Crippen LogP contribution in [0.15, 0.2) is 53.1 Å². The van der Waals surface area contributed by atoms with E-state index < -0.39 is 0 Å². The number of rotatable bonds is 6. The molecule has 0 aliphatic rings. The van der Waals surface area contributed by atoms with Crippen molar-refractivity contribution < 1.29 is 14.0 Å². The van der Waals surface area contributed by atoms with E-state index in [0.29, 0.717) is 29.4 Å². The minimum absolute atomic E-state index is 0.0263. The minimum Gasteiger partial charge on any atom is -0.467 e. The monoisotopic (exact) mass is 350 g/mol. The molecule has 3 rings (SSSR count). The summed E-state index contributed by atoms with van der Waals surface area (Å²) < 4.78 is 5.25. The lowest BCUT2D eigenvalue weighted by molar-refractivity contribution is 0.101. The SMILES string of the molecule is CC(=O)c1ccc(NC(=O)c2cc(C)nc(NCc3ccco3)n2)cc1. The number of carbonyl (C=O) groups is 2. The van der Waals surface area contributed by atoms with Gasteiger partial charge in [0.15, 0.2) is 5.78 Å². The fraction of sp³-hybridized carbons (Fsp3) is 0.158. The molecule has 0 atom stereocenters. The highest BCUT2D eigenvalue weighted by Crippen LogP contribution is 2.13. The smallest absolute Gasteiger partial charge is 0.274 e. The van der Waals surface area contributed by atoms with Crippen molar-refractivity contribution in [3.8, 4) is 0 Å². The van der Waals surface area contributed by atoms with Crippen molar-refractivity contribution in [2.45, 2.75) is 20.4 Å². The summed E-state index contributed by atoms with van der Waals surface area (Å²) in [5, 5.41) is 5.80.